The summed E-state index contributed by atoms with van der Waals surface area (Å²) in [5.74, 6) is -0.990. The van der Waals surface area contributed by atoms with Crippen LogP contribution in [0, 0.1) is 12.8 Å². The Bertz CT molecular complexity index is 589. The second-order valence-corrected chi connectivity index (χ2v) is 5.39. The van der Waals surface area contributed by atoms with Gasteiger partial charge in [0, 0.05) is 24.2 Å². The van der Waals surface area contributed by atoms with E-state index in [1.165, 1.54) is 7.11 Å². The van der Waals surface area contributed by atoms with E-state index in [2.05, 4.69) is 15.0 Å². The van der Waals surface area contributed by atoms with Crippen LogP contribution in [0.2, 0.25) is 0 Å². The van der Waals surface area contributed by atoms with Gasteiger partial charge in [0.2, 0.25) is 0 Å². The largest absolute Gasteiger partial charge is 0.469 e. The third-order valence-electron chi connectivity index (χ3n) is 3.84. The first-order valence-electron chi connectivity index (χ1n) is 7.06. The van der Waals surface area contributed by atoms with Crippen molar-refractivity contribution < 1.29 is 19.1 Å². The van der Waals surface area contributed by atoms with Crippen LogP contribution in [0.1, 0.15) is 51.9 Å². The number of fused-ring (bicyclic) bond motifs is 1. The summed E-state index contributed by atoms with van der Waals surface area (Å²) in [6.45, 7) is 3.65. The van der Waals surface area contributed by atoms with Crippen LogP contribution in [0.3, 0.4) is 0 Å². The molecule has 0 aromatic carbocycles. The zero-order valence-electron chi connectivity index (χ0n) is 12.5. The number of rotatable bonds is 4. The molecule has 0 fully saturated rings. The minimum atomic E-state index is -0.412. The lowest BCUT2D eigenvalue weighted by molar-refractivity contribution is -0.144. The number of aromatic nitrogens is 1. The molecule has 2 rings (SSSR count). The predicted octanol–water partition coefficient (Wildman–Crippen LogP) is 1.38. The lowest BCUT2D eigenvalue weighted by Crippen LogP contribution is -2.32. The molecule has 1 aliphatic rings. The van der Waals surface area contributed by atoms with Gasteiger partial charge < -0.3 is 15.0 Å². The summed E-state index contributed by atoms with van der Waals surface area (Å²) in [5.41, 5.74) is 2.60. The zero-order valence-corrected chi connectivity index (χ0v) is 12.5. The maximum atomic E-state index is 12.2. The van der Waals surface area contributed by atoms with E-state index in [4.69, 9.17) is 0 Å². The number of hydrogen-bond acceptors (Lipinski definition) is 4. The van der Waals surface area contributed by atoms with Crippen LogP contribution in [0.15, 0.2) is 0 Å². The van der Waals surface area contributed by atoms with Crippen molar-refractivity contribution in [2.75, 3.05) is 13.7 Å². The van der Waals surface area contributed by atoms with Gasteiger partial charge in [0.25, 0.3) is 5.91 Å². The summed E-state index contributed by atoms with van der Waals surface area (Å²) >= 11 is 0. The van der Waals surface area contributed by atoms with Crippen LogP contribution in [0.25, 0.3) is 0 Å². The monoisotopic (exact) mass is 292 g/mol. The van der Waals surface area contributed by atoms with Crippen molar-refractivity contribution >= 4 is 17.7 Å². The number of ether oxygens (including phenoxy) is 1. The number of aromatic amines is 1. The van der Waals surface area contributed by atoms with Crippen LogP contribution in [0.5, 0.6) is 0 Å². The van der Waals surface area contributed by atoms with E-state index < -0.39 is 5.92 Å². The number of methoxy groups -OCH3 is 1. The van der Waals surface area contributed by atoms with Crippen molar-refractivity contribution in [3.8, 4) is 0 Å². The molecule has 0 radical (unpaired) electrons. The number of amides is 1. The Balaban J connectivity index is 2.10. The fourth-order valence-electron chi connectivity index (χ4n) is 2.62. The van der Waals surface area contributed by atoms with Crippen LogP contribution in [-0.2, 0) is 16.0 Å². The number of hydrogen-bond donors (Lipinski definition) is 2. The van der Waals surface area contributed by atoms with Crippen molar-refractivity contribution in [1.82, 2.24) is 10.3 Å². The van der Waals surface area contributed by atoms with Gasteiger partial charge in [-0.2, -0.15) is 0 Å². The molecule has 0 unspecified atom stereocenters. The fourth-order valence-corrected chi connectivity index (χ4v) is 2.62. The third kappa shape index (κ3) is 2.99. The van der Waals surface area contributed by atoms with Gasteiger partial charge in [0.15, 0.2) is 5.78 Å². The molecule has 1 aliphatic carbocycles. The molecule has 1 amide bonds. The Morgan fingerprint density at radius 1 is 1.38 bits per heavy atom. The summed E-state index contributed by atoms with van der Waals surface area (Å²) in [5, 5.41) is 2.70. The third-order valence-corrected chi connectivity index (χ3v) is 3.84. The predicted molar refractivity (Wildman–Crippen MR) is 76.3 cm³/mol. The summed E-state index contributed by atoms with van der Waals surface area (Å²) in [4.78, 5) is 38.5. The number of carbonyl (C=O) groups is 3. The van der Waals surface area contributed by atoms with E-state index in [9.17, 15) is 14.4 Å². The molecule has 1 aromatic rings. The van der Waals surface area contributed by atoms with Gasteiger partial charge in [-0.25, -0.2) is 0 Å². The quantitative estimate of drug-likeness (QED) is 0.821. The van der Waals surface area contributed by atoms with Crippen LogP contribution in [-0.4, -0.2) is 36.3 Å². The molecule has 2 N–H and O–H groups in total. The van der Waals surface area contributed by atoms with Gasteiger partial charge in [-0.3, -0.25) is 14.4 Å². The van der Waals surface area contributed by atoms with Crippen molar-refractivity contribution in [2.24, 2.45) is 5.92 Å². The first kappa shape index (κ1) is 15.3. The standard InChI is InChI=1S/C15H20N2O4/c1-8(15(20)21-3)7-16-14(19)13-9(2)12-10(17-13)5-4-6-11(12)18/h8,17H,4-7H2,1-3H3,(H,16,19)/t8-/m0/s1. The van der Waals surface area contributed by atoms with Gasteiger partial charge in [-0.15, -0.1) is 0 Å². The molecule has 1 heterocycles. The van der Waals surface area contributed by atoms with E-state index in [1.807, 2.05) is 0 Å². The van der Waals surface area contributed by atoms with Crippen molar-refractivity contribution in [2.45, 2.75) is 33.1 Å². The molecule has 1 aromatic heterocycles. The maximum absolute atomic E-state index is 12.2. The van der Waals surface area contributed by atoms with E-state index in [0.29, 0.717) is 23.2 Å². The highest BCUT2D eigenvalue weighted by Crippen LogP contribution is 2.26. The van der Waals surface area contributed by atoms with Crippen molar-refractivity contribution in [3.05, 3.63) is 22.5 Å². The molecule has 0 saturated heterocycles. The van der Waals surface area contributed by atoms with Crippen LogP contribution in [0.4, 0.5) is 0 Å². The molecule has 0 bridgehead atoms. The van der Waals surface area contributed by atoms with Gasteiger partial charge in [0.05, 0.1) is 13.0 Å². The Kier molecular flexibility index (Phi) is 4.45. The van der Waals surface area contributed by atoms with E-state index in [-0.39, 0.29) is 24.2 Å². The Morgan fingerprint density at radius 3 is 2.71 bits per heavy atom. The molecular weight excluding hydrogens is 272 g/mol. The number of esters is 1. The molecule has 6 nitrogen and oxygen atoms in total. The zero-order chi connectivity index (χ0) is 15.6. The lowest BCUT2D eigenvalue weighted by Gasteiger charge is -2.10. The molecule has 114 valence electrons. The fraction of sp³-hybridized carbons (Fsp3) is 0.533. The molecule has 21 heavy (non-hydrogen) atoms. The molecule has 6 heteroatoms. The van der Waals surface area contributed by atoms with Crippen LogP contribution >= 0.6 is 0 Å². The number of ketones is 1. The molecule has 0 spiro atoms. The minimum absolute atomic E-state index is 0.0898. The van der Waals surface area contributed by atoms with E-state index in [0.717, 1.165) is 18.5 Å². The molecular formula is C15H20N2O4. The van der Waals surface area contributed by atoms with Crippen molar-refractivity contribution in [1.29, 1.82) is 0 Å². The highest BCUT2D eigenvalue weighted by atomic mass is 16.5. The number of nitrogens with one attached hydrogen (secondary N) is 2. The van der Waals surface area contributed by atoms with E-state index in [1.54, 1.807) is 13.8 Å². The molecule has 0 saturated carbocycles. The second-order valence-electron chi connectivity index (χ2n) is 5.39. The first-order chi connectivity index (χ1) is 9.95. The minimum Gasteiger partial charge on any atom is -0.469 e. The normalized spacial score (nSPS) is 15.3. The van der Waals surface area contributed by atoms with Gasteiger partial charge >= 0.3 is 5.97 Å². The average Bonchev–Trinajstić information content (AvgIpc) is 2.82. The van der Waals surface area contributed by atoms with Crippen molar-refractivity contribution in [3.63, 3.8) is 0 Å². The average molecular weight is 292 g/mol. The number of Topliss-reactive ketones (excluding diaryl/α,β-unsaturated/α-hetero) is 1. The number of carbonyl (C=O) groups excluding carboxylic acids is 3. The summed E-state index contributed by atoms with van der Waals surface area (Å²) in [7, 11) is 1.31. The van der Waals surface area contributed by atoms with Gasteiger partial charge in [-0.05, 0) is 25.3 Å². The molecule has 0 aliphatic heterocycles. The SMILES string of the molecule is COC(=O)[C@@H](C)CNC(=O)c1[nH]c2c(c1C)C(=O)CCC2. The van der Waals surface area contributed by atoms with Gasteiger partial charge in [-0.1, -0.05) is 6.92 Å². The molecule has 1 atom stereocenters. The second kappa shape index (κ2) is 6.11. The number of aryl methyl sites for hydroxylation is 1. The van der Waals surface area contributed by atoms with Gasteiger partial charge in [0.1, 0.15) is 5.69 Å². The Morgan fingerprint density at radius 2 is 2.10 bits per heavy atom. The van der Waals surface area contributed by atoms with Crippen LogP contribution < -0.4 is 5.32 Å². The highest BCUT2D eigenvalue weighted by molar-refractivity contribution is 6.04. The first-order valence-corrected chi connectivity index (χ1v) is 7.06. The lowest BCUT2D eigenvalue weighted by atomic mass is 9.94. The highest BCUT2D eigenvalue weighted by Gasteiger charge is 2.26. The summed E-state index contributed by atoms with van der Waals surface area (Å²) in [6, 6.07) is 0. The Labute approximate surface area is 123 Å². The summed E-state index contributed by atoms with van der Waals surface area (Å²) < 4.78 is 4.61. The maximum Gasteiger partial charge on any atom is 0.310 e. The summed E-state index contributed by atoms with van der Waals surface area (Å²) in [6.07, 6.45) is 2.13. The van der Waals surface area contributed by atoms with E-state index >= 15 is 0 Å². The smallest absolute Gasteiger partial charge is 0.310 e. The Hall–Kier alpha value is -2.11. The topological polar surface area (TPSA) is 88.3 Å². The number of H-pyrrole nitrogens is 1.